The Morgan fingerprint density at radius 2 is 1.74 bits per heavy atom. The van der Waals surface area contributed by atoms with Gasteiger partial charge in [-0.15, -0.1) is 0 Å². The van der Waals surface area contributed by atoms with Crippen molar-refractivity contribution >= 4 is 22.7 Å². The van der Waals surface area contributed by atoms with Crippen LogP contribution in [0.2, 0.25) is 0 Å². The molecule has 0 aliphatic carbocycles. The monoisotopic (exact) mass is 256 g/mol. The van der Waals surface area contributed by atoms with Crippen molar-refractivity contribution in [2.24, 2.45) is 0 Å². The molecule has 1 saturated heterocycles. The number of anilines is 2. The minimum Gasteiger partial charge on any atom is -0.357 e. The normalized spacial score (nSPS) is 16.4. The summed E-state index contributed by atoms with van der Waals surface area (Å²) < 4.78 is 0. The zero-order valence-corrected chi connectivity index (χ0v) is 11.4. The lowest BCUT2D eigenvalue weighted by Crippen LogP contribution is -2.25. The Hall–Kier alpha value is -1.84. The van der Waals surface area contributed by atoms with Gasteiger partial charge in [-0.3, -0.25) is 0 Å². The van der Waals surface area contributed by atoms with E-state index >= 15 is 0 Å². The van der Waals surface area contributed by atoms with Gasteiger partial charge in [0.15, 0.2) is 0 Å². The highest BCUT2D eigenvalue weighted by atomic mass is 15.2. The fraction of sp³-hybridized carbons (Fsp3) is 0.467. The maximum atomic E-state index is 4.69. The molecule has 1 N–H and O–H groups in total. The van der Waals surface area contributed by atoms with Crippen LogP contribution in [0.4, 0.5) is 11.8 Å². The largest absolute Gasteiger partial charge is 0.357 e. The van der Waals surface area contributed by atoms with E-state index in [-0.39, 0.29) is 0 Å². The Labute approximate surface area is 113 Å². The van der Waals surface area contributed by atoms with Gasteiger partial charge < -0.3 is 10.2 Å². The number of para-hydroxylation sites is 1. The first-order valence-electron chi connectivity index (χ1n) is 7.08. The number of benzene rings is 1. The second-order valence-corrected chi connectivity index (χ2v) is 5.04. The maximum absolute atomic E-state index is 4.69. The molecule has 100 valence electrons. The van der Waals surface area contributed by atoms with Crippen LogP contribution in [0, 0.1) is 0 Å². The van der Waals surface area contributed by atoms with Gasteiger partial charge in [0.25, 0.3) is 0 Å². The van der Waals surface area contributed by atoms with Crippen molar-refractivity contribution in [2.75, 3.05) is 30.4 Å². The minimum absolute atomic E-state index is 0.706. The van der Waals surface area contributed by atoms with E-state index in [0.717, 1.165) is 29.8 Å². The molecule has 0 saturated carbocycles. The van der Waals surface area contributed by atoms with Crippen molar-refractivity contribution in [3.8, 4) is 0 Å². The summed E-state index contributed by atoms with van der Waals surface area (Å²) in [7, 11) is 1.87. The number of rotatable bonds is 2. The molecule has 3 rings (SSSR count). The maximum Gasteiger partial charge on any atom is 0.224 e. The molecule has 1 aliphatic rings. The van der Waals surface area contributed by atoms with Crippen molar-refractivity contribution in [1.82, 2.24) is 9.97 Å². The van der Waals surface area contributed by atoms with E-state index in [4.69, 9.17) is 0 Å². The first-order chi connectivity index (χ1) is 9.38. The van der Waals surface area contributed by atoms with Crippen LogP contribution in [0.5, 0.6) is 0 Å². The molecule has 0 bridgehead atoms. The zero-order chi connectivity index (χ0) is 13.1. The van der Waals surface area contributed by atoms with Crippen molar-refractivity contribution in [3.05, 3.63) is 24.3 Å². The summed E-state index contributed by atoms with van der Waals surface area (Å²) in [4.78, 5) is 11.6. The molecule has 2 heterocycles. The van der Waals surface area contributed by atoms with Gasteiger partial charge in [0.05, 0.1) is 5.52 Å². The Morgan fingerprint density at radius 3 is 2.47 bits per heavy atom. The average Bonchev–Trinajstić information content (AvgIpc) is 2.75. The molecule has 0 radical (unpaired) electrons. The summed E-state index contributed by atoms with van der Waals surface area (Å²) in [6, 6.07) is 8.27. The lowest BCUT2D eigenvalue weighted by atomic mass is 10.2. The topological polar surface area (TPSA) is 41.1 Å². The van der Waals surface area contributed by atoms with E-state index in [1.54, 1.807) is 0 Å². The smallest absolute Gasteiger partial charge is 0.224 e. The van der Waals surface area contributed by atoms with Crippen LogP contribution in [0.25, 0.3) is 10.9 Å². The SMILES string of the molecule is CNc1nc(N2CCCCCC2)c2ccccc2n1. The molecule has 0 atom stereocenters. The molecule has 0 spiro atoms. The minimum atomic E-state index is 0.706. The fourth-order valence-electron chi connectivity index (χ4n) is 2.70. The van der Waals surface area contributed by atoms with E-state index < -0.39 is 0 Å². The molecule has 2 aromatic rings. The molecule has 4 heteroatoms. The molecule has 1 aliphatic heterocycles. The van der Waals surface area contributed by atoms with Crippen LogP contribution in [0.3, 0.4) is 0 Å². The summed E-state index contributed by atoms with van der Waals surface area (Å²) in [5, 5.41) is 4.22. The Balaban J connectivity index is 2.09. The predicted octanol–water partition coefficient (Wildman–Crippen LogP) is 3.05. The summed E-state index contributed by atoms with van der Waals surface area (Å²) >= 11 is 0. The molecular weight excluding hydrogens is 236 g/mol. The summed E-state index contributed by atoms with van der Waals surface area (Å²) in [6.45, 7) is 2.20. The molecule has 1 fully saturated rings. The van der Waals surface area contributed by atoms with Gasteiger partial charge in [-0.05, 0) is 25.0 Å². The van der Waals surface area contributed by atoms with E-state index in [1.165, 1.54) is 25.7 Å². The van der Waals surface area contributed by atoms with Crippen LogP contribution in [0.1, 0.15) is 25.7 Å². The van der Waals surface area contributed by atoms with E-state index in [1.807, 2.05) is 13.1 Å². The zero-order valence-electron chi connectivity index (χ0n) is 11.4. The third-order valence-electron chi connectivity index (χ3n) is 3.71. The second-order valence-electron chi connectivity index (χ2n) is 5.04. The van der Waals surface area contributed by atoms with Crippen molar-refractivity contribution < 1.29 is 0 Å². The predicted molar refractivity (Wildman–Crippen MR) is 79.8 cm³/mol. The first-order valence-corrected chi connectivity index (χ1v) is 7.08. The van der Waals surface area contributed by atoms with E-state index in [9.17, 15) is 0 Å². The van der Waals surface area contributed by atoms with Crippen LogP contribution in [-0.4, -0.2) is 30.1 Å². The summed E-state index contributed by atoms with van der Waals surface area (Å²) in [6.07, 6.45) is 5.18. The highest BCUT2D eigenvalue weighted by molar-refractivity contribution is 5.90. The Morgan fingerprint density at radius 1 is 1.00 bits per heavy atom. The standard InChI is InChI=1S/C15H20N4/c1-16-15-17-13-9-5-4-8-12(13)14(18-15)19-10-6-2-3-7-11-19/h4-5,8-9H,2-3,6-7,10-11H2,1H3,(H,16,17,18). The number of fused-ring (bicyclic) bond motifs is 1. The number of hydrogen-bond acceptors (Lipinski definition) is 4. The molecule has 1 aromatic heterocycles. The first kappa shape index (κ1) is 12.2. The summed E-state index contributed by atoms with van der Waals surface area (Å²) in [5.41, 5.74) is 1.01. The van der Waals surface area contributed by atoms with Crippen molar-refractivity contribution in [1.29, 1.82) is 0 Å². The summed E-state index contributed by atoms with van der Waals surface area (Å²) in [5.74, 6) is 1.79. The van der Waals surface area contributed by atoms with Crippen LogP contribution in [-0.2, 0) is 0 Å². The Kier molecular flexibility index (Phi) is 3.49. The molecule has 1 aromatic carbocycles. The highest BCUT2D eigenvalue weighted by Gasteiger charge is 2.15. The van der Waals surface area contributed by atoms with Crippen LogP contribution >= 0.6 is 0 Å². The van der Waals surface area contributed by atoms with Gasteiger partial charge in [-0.1, -0.05) is 25.0 Å². The van der Waals surface area contributed by atoms with Crippen LogP contribution < -0.4 is 10.2 Å². The second kappa shape index (κ2) is 5.43. The number of aromatic nitrogens is 2. The van der Waals surface area contributed by atoms with Gasteiger partial charge >= 0.3 is 0 Å². The highest BCUT2D eigenvalue weighted by Crippen LogP contribution is 2.27. The molecule has 19 heavy (non-hydrogen) atoms. The molecular formula is C15H20N4. The average molecular weight is 256 g/mol. The van der Waals surface area contributed by atoms with E-state index in [2.05, 4.69) is 38.4 Å². The third-order valence-corrected chi connectivity index (χ3v) is 3.71. The quantitative estimate of drug-likeness (QED) is 0.896. The number of nitrogens with zero attached hydrogens (tertiary/aromatic N) is 3. The van der Waals surface area contributed by atoms with Gasteiger partial charge in [-0.25, -0.2) is 4.98 Å². The van der Waals surface area contributed by atoms with E-state index in [0.29, 0.717) is 5.95 Å². The van der Waals surface area contributed by atoms with Crippen LogP contribution in [0.15, 0.2) is 24.3 Å². The number of hydrogen-bond donors (Lipinski definition) is 1. The molecule has 0 amide bonds. The van der Waals surface area contributed by atoms with Gasteiger partial charge in [0, 0.05) is 25.5 Å². The van der Waals surface area contributed by atoms with Crippen molar-refractivity contribution in [2.45, 2.75) is 25.7 Å². The molecule has 4 nitrogen and oxygen atoms in total. The molecule has 0 unspecified atom stereocenters. The van der Waals surface area contributed by atoms with Gasteiger partial charge in [-0.2, -0.15) is 4.98 Å². The lowest BCUT2D eigenvalue weighted by molar-refractivity contribution is 0.726. The fourth-order valence-corrected chi connectivity index (χ4v) is 2.70. The van der Waals surface area contributed by atoms with Gasteiger partial charge in [0.2, 0.25) is 5.95 Å². The lowest BCUT2D eigenvalue weighted by Gasteiger charge is -2.23. The van der Waals surface area contributed by atoms with Gasteiger partial charge in [0.1, 0.15) is 5.82 Å². The number of nitrogens with one attached hydrogen (secondary N) is 1. The Bertz CT molecular complexity index is 559. The third kappa shape index (κ3) is 2.48. The van der Waals surface area contributed by atoms with Crippen molar-refractivity contribution in [3.63, 3.8) is 0 Å².